The molecule has 1 saturated heterocycles. The summed E-state index contributed by atoms with van der Waals surface area (Å²) in [5.74, 6) is -0.365. The highest BCUT2D eigenvalue weighted by Crippen LogP contribution is 2.41. The Morgan fingerprint density at radius 1 is 1.27 bits per heavy atom. The minimum Gasteiger partial charge on any atom is -0.481 e. The Kier molecular flexibility index (Phi) is 5.15. The Hall–Kier alpha value is -3.07. The number of aliphatic carboxylic acids is 1. The van der Waals surface area contributed by atoms with E-state index in [-0.39, 0.29) is 17.5 Å². The third-order valence-electron chi connectivity index (χ3n) is 5.36. The van der Waals surface area contributed by atoms with E-state index in [0.29, 0.717) is 36.8 Å². The number of hydrogen-bond donors (Lipinski definition) is 2. The van der Waals surface area contributed by atoms with E-state index in [4.69, 9.17) is 4.74 Å². The average molecular weight is 419 g/mol. The minimum absolute atomic E-state index is 0.0809. The fourth-order valence-corrected chi connectivity index (χ4v) is 3.62. The Bertz CT molecular complexity index is 1010. The fourth-order valence-electron chi connectivity index (χ4n) is 3.62. The van der Waals surface area contributed by atoms with E-state index < -0.39 is 23.6 Å². The van der Waals surface area contributed by atoms with E-state index in [9.17, 15) is 23.1 Å². The molecular weight excluding hydrogens is 399 g/mol. The number of nitrogens with one attached hydrogen (secondary N) is 1. The lowest BCUT2D eigenvalue weighted by atomic mass is 9.99. The van der Waals surface area contributed by atoms with Crippen LogP contribution in [-0.2, 0) is 11.0 Å². The molecule has 2 heterocycles. The highest BCUT2D eigenvalue weighted by Gasteiger charge is 2.34. The van der Waals surface area contributed by atoms with E-state index >= 15 is 0 Å². The fraction of sp³-hybridized carbons (Fsp3) is 0.333. The Morgan fingerprint density at radius 2 is 2.03 bits per heavy atom. The number of benzene rings is 2. The van der Waals surface area contributed by atoms with Crippen LogP contribution in [0, 0.1) is 5.92 Å². The number of para-hydroxylation sites is 1. The molecule has 0 amide bonds. The second kappa shape index (κ2) is 7.64. The number of amidine groups is 1. The first kappa shape index (κ1) is 20.2. The highest BCUT2D eigenvalue weighted by atomic mass is 19.4. The summed E-state index contributed by atoms with van der Waals surface area (Å²) in [7, 11) is 0. The second-order valence-corrected chi connectivity index (χ2v) is 7.35. The van der Waals surface area contributed by atoms with Gasteiger partial charge in [-0.1, -0.05) is 19.1 Å². The van der Waals surface area contributed by atoms with Crippen LogP contribution in [0.4, 0.5) is 18.9 Å². The first-order valence-electron chi connectivity index (χ1n) is 9.52. The van der Waals surface area contributed by atoms with Gasteiger partial charge in [0.15, 0.2) is 5.75 Å². The molecule has 2 aromatic carbocycles. The molecule has 9 heteroatoms. The van der Waals surface area contributed by atoms with Crippen molar-refractivity contribution in [3.63, 3.8) is 0 Å². The SMILES string of the molecule is CC(C(=O)O)C1CN(C2=Nc3cc(C(F)(F)F)ccc3Oc3ccccc32)CCN1. The summed E-state index contributed by atoms with van der Waals surface area (Å²) in [6.07, 6.45) is -4.50. The molecule has 30 heavy (non-hydrogen) atoms. The molecule has 2 atom stereocenters. The number of nitrogens with zero attached hydrogens (tertiary/aromatic N) is 2. The van der Waals surface area contributed by atoms with Crippen molar-refractivity contribution in [2.75, 3.05) is 19.6 Å². The summed E-state index contributed by atoms with van der Waals surface area (Å²) in [5.41, 5.74) is -0.0835. The van der Waals surface area contributed by atoms with Gasteiger partial charge in [-0.25, -0.2) is 4.99 Å². The zero-order valence-corrected chi connectivity index (χ0v) is 16.1. The van der Waals surface area contributed by atoms with Crippen LogP contribution in [0.25, 0.3) is 0 Å². The monoisotopic (exact) mass is 419 g/mol. The van der Waals surface area contributed by atoms with Gasteiger partial charge in [-0.3, -0.25) is 4.79 Å². The third-order valence-corrected chi connectivity index (χ3v) is 5.36. The zero-order chi connectivity index (χ0) is 21.5. The average Bonchev–Trinajstić information content (AvgIpc) is 2.88. The standard InChI is InChI=1S/C21H20F3N3O3/c1-12(20(28)29)16-11-27(9-8-25-16)19-14-4-2-3-5-17(14)30-18-7-6-13(21(22,23)24)10-15(18)26-19/h2-7,10,12,16,25H,8-9,11H2,1H3,(H,28,29). The van der Waals surface area contributed by atoms with Crippen LogP contribution in [0.15, 0.2) is 47.5 Å². The van der Waals surface area contributed by atoms with Crippen LogP contribution in [0.2, 0.25) is 0 Å². The number of aliphatic imine (C=N–C) groups is 1. The molecule has 2 N–H and O–H groups in total. The van der Waals surface area contributed by atoms with Gasteiger partial charge >= 0.3 is 12.1 Å². The normalized spacial score (nSPS) is 19.7. The molecule has 0 aliphatic carbocycles. The lowest BCUT2D eigenvalue weighted by molar-refractivity contribution is -0.142. The summed E-state index contributed by atoms with van der Waals surface area (Å²) < 4.78 is 45.6. The van der Waals surface area contributed by atoms with Gasteiger partial charge in [0.1, 0.15) is 17.3 Å². The van der Waals surface area contributed by atoms with Crippen molar-refractivity contribution in [3.05, 3.63) is 53.6 Å². The molecule has 158 valence electrons. The molecule has 2 unspecified atom stereocenters. The molecule has 0 spiro atoms. The smallest absolute Gasteiger partial charge is 0.416 e. The lowest BCUT2D eigenvalue weighted by Gasteiger charge is -2.37. The first-order chi connectivity index (χ1) is 14.2. The van der Waals surface area contributed by atoms with E-state index in [1.807, 2.05) is 4.90 Å². The lowest BCUT2D eigenvalue weighted by Crippen LogP contribution is -2.56. The summed E-state index contributed by atoms with van der Waals surface area (Å²) in [5, 5.41) is 12.6. The van der Waals surface area contributed by atoms with Gasteiger partial charge in [0.2, 0.25) is 0 Å². The van der Waals surface area contributed by atoms with Crippen LogP contribution >= 0.6 is 0 Å². The Labute approximate surface area is 171 Å². The van der Waals surface area contributed by atoms with Gasteiger partial charge in [0, 0.05) is 25.7 Å². The van der Waals surface area contributed by atoms with Crippen molar-refractivity contribution in [2.45, 2.75) is 19.1 Å². The van der Waals surface area contributed by atoms with Gasteiger partial charge in [0.05, 0.1) is 17.0 Å². The van der Waals surface area contributed by atoms with Crippen LogP contribution in [0.1, 0.15) is 18.1 Å². The largest absolute Gasteiger partial charge is 0.481 e. The van der Waals surface area contributed by atoms with Crippen molar-refractivity contribution in [3.8, 4) is 11.5 Å². The second-order valence-electron chi connectivity index (χ2n) is 7.35. The quantitative estimate of drug-likeness (QED) is 0.773. The van der Waals surface area contributed by atoms with Crippen molar-refractivity contribution < 1.29 is 27.8 Å². The van der Waals surface area contributed by atoms with Crippen molar-refractivity contribution in [1.82, 2.24) is 10.2 Å². The van der Waals surface area contributed by atoms with Crippen LogP contribution in [0.5, 0.6) is 11.5 Å². The van der Waals surface area contributed by atoms with Crippen molar-refractivity contribution >= 4 is 17.5 Å². The van der Waals surface area contributed by atoms with Gasteiger partial charge < -0.3 is 20.1 Å². The number of hydrogen-bond acceptors (Lipinski definition) is 5. The van der Waals surface area contributed by atoms with E-state index in [1.54, 1.807) is 31.2 Å². The number of carboxylic acids is 1. The van der Waals surface area contributed by atoms with Gasteiger partial charge in [-0.15, -0.1) is 0 Å². The number of piperazine rings is 1. The molecule has 4 rings (SSSR count). The van der Waals surface area contributed by atoms with Crippen molar-refractivity contribution in [1.29, 1.82) is 0 Å². The summed E-state index contributed by atoms with van der Waals surface area (Å²) in [6.45, 7) is 3.04. The number of carbonyl (C=O) groups is 1. The van der Waals surface area contributed by atoms with Crippen LogP contribution in [-0.4, -0.2) is 47.5 Å². The predicted molar refractivity (Wildman–Crippen MR) is 104 cm³/mol. The maximum atomic E-state index is 13.2. The van der Waals surface area contributed by atoms with Gasteiger partial charge in [-0.05, 0) is 30.3 Å². The maximum absolute atomic E-state index is 13.2. The number of ether oxygens (including phenoxy) is 1. The number of halogens is 3. The van der Waals surface area contributed by atoms with E-state index in [0.717, 1.165) is 12.1 Å². The van der Waals surface area contributed by atoms with Crippen molar-refractivity contribution in [2.24, 2.45) is 10.9 Å². The number of alkyl halides is 3. The summed E-state index contributed by atoms with van der Waals surface area (Å²) in [6, 6.07) is 10.00. The highest BCUT2D eigenvalue weighted by molar-refractivity contribution is 6.03. The van der Waals surface area contributed by atoms with Gasteiger partial charge in [0.25, 0.3) is 0 Å². The molecule has 6 nitrogen and oxygen atoms in total. The number of fused-ring (bicyclic) bond motifs is 2. The molecular formula is C21H20F3N3O3. The minimum atomic E-state index is -4.50. The van der Waals surface area contributed by atoms with E-state index in [2.05, 4.69) is 10.3 Å². The maximum Gasteiger partial charge on any atom is 0.416 e. The first-order valence-corrected chi connectivity index (χ1v) is 9.52. The summed E-state index contributed by atoms with van der Waals surface area (Å²) >= 11 is 0. The summed E-state index contributed by atoms with van der Waals surface area (Å²) in [4.78, 5) is 17.9. The van der Waals surface area contributed by atoms with Crippen LogP contribution in [0.3, 0.4) is 0 Å². The zero-order valence-electron chi connectivity index (χ0n) is 16.1. The Balaban J connectivity index is 1.78. The number of carboxylic acid groups (broad SMARTS) is 1. The molecule has 2 aromatic rings. The molecule has 0 bridgehead atoms. The molecule has 0 saturated carbocycles. The molecule has 1 fully saturated rings. The predicted octanol–water partition coefficient (Wildman–Crippen LogP) is 3.88. The number of rotatable bonds is 2. The molecule has 2 aliphatic heterocycles. The van der Waals surface area contributed by atoms with Gasteiger partial charge in [-0.2, -0.15) is 13.2 Å². The Morgan fingerprint density at radius 3 is 2.77 bits per heavy atom. The van der Waals surface area contributed by atoms with Crippen LogP contribution < -0.4 is 10.1 Å². The topological polar surface area (TPSA) is 74.2 Å². The molecule has 0 aromatic heterocycles. The van der Waals surface area contributed by atoms with E-state index in [1.165, 1.54) is 6.07 Å². The molecule has 0 radical (unpaired) electrons. The molecule has 2 aliphatic rings. The third kappa shape index (κ3) is 3.85.